The Morgan fingerprint density at radius 1 is 1.17 bits per heavy atom. The maximum absolute atomic E-state index is 12.0. The summed E-state index contributed by atoms with van der Waals surface area (Å²) in [7, 11) is 1.31. The maximum atomic E-state index is 12.0. The Morgan fingerprint density at radius 3 is 2.42 bits per heavy atom. The number of amides is 2. The Hall–Kier alpha value is -2.37. The fourth-order valence-electron chi connectivity index (χ4n) is 1.93. The van der Waals surface area contributed by atoms with E-state index in [-0.39, 0.29) is 18.2 Å². The monoisotopic (exact) mass is 334 g/mol. The third kappa shape index (κ3) is 6.02. The molecular formula is C18H26N2O4. The van der Waals surface area contributed by atoms with Gasteiger partial charge in [0.05, 0.1) is 12.7 Å². The van der Waals surface area contributed by atoms with Crippen LogP contribution in [0.5, 0.6) is 0 Å². The molecule has 0 radical (unpaired) electrons. The summed E-state index contributed by atoms with van der Waals surface area (Å²) in [6, 6.07) is 5.00. The summed E-state index contributed by atoms with van der Waals surface area (Å²) in [5.74, 6) is -0.648. The van der Waals surface area contributed by atoms with Crippen LogP contribution in [0.25, 0.3) is 0 Å². The Morgan fingerprint density at radius 2 is 1.83 bits per heavy atom. The molecule has 0 bridgehead atoms. The van der Waals surface area contributed by atoms with Crippen LogP contribution in [0.2, 0.25) is 0 Å². The van der Waals surface area contributed by atoms with Crippen molar-refractivity contribution in [1.29, 1.82) is 0 Å². The molecule has 1 aromatic rings. The molecule has 0 fully saturated rings. The van der Waals surface area contributed by atoms with Gasteiger partial charge in [0.15, 0.2) is 0 Å². The number of nitrogens with one attached hydrogen (secondary N) is 2. The predicted molar refractivity (Wildman–Crippen MR) is 92.8 cm³/mol. The highest BCUT2D eigenvalue weighted by Gasteiger charge is 2.20. The molecule has 132 valence electrons. The van der Waals surface area contributed by atoms with Gasteiger partial charge >= 0.3 is 5.97 Å². The molecular weight excluding hydrogens is 308 g/mol. The molecule has 2 amide bonds. The lowest BCUT2D eigenvalue weighted by Crippen LogP contribution is -2.35. The number of rotatable bonds is 6. The van der Waals surface area contributed by atoms with Gasteiger partial charge in [0.2, 0.25) is 11.8 Å². The molecule has 2 N–H and O–H groups in total. The van der Waals surface area contributed by atoms with Gasteiger partial charge in [0.25, 0.3) is 0 Å². The van der Waals surface area contributed by atoms with Gasteiger partial charge in [-0.15, -0.1) is 0 Å². The minimum atomic E-state index is -0.449. The number of hydrogen-bond acceptors (Lipinski definition) is 4. The van der Waals surface area contributed by atoms with Gasteiger partial charge in [-0.3, -0.25) is 9.59 Å². The van der Waals surface area contributed by atoms with Crippen molar-refractivity contribution >= 4 is 23.5 Å². The van der Waals surface area contributed by atoms with Gasteiger partial charge in [-0.25, -0.2) is 4.79 Å². The van der Waals surface area contributed by atoms with Crippen molar-refractivity contribution in [3.63, 3.8) is 0 Å². The Bertz CT molecular complexity index is 618. The van der Waals surface area contributed by atoms with Crippen LogP contribution in [-0.2, 0) is 14.3 Å². The number of methoxy groups -OCH3 is 1. The number of hydrogen-bond donors (Lipinski definition) is 2. The molecule has 1 aromatic carbocycles. The zero-order valence-electron chi connectivity index (χ0n) is 15.0. The van der Waals surface area contributed by atoms with E-state index in [1.807, 2.05) is 27.7 Å². The van der Waals surface area contributed by atoms with Gasteiger partial charge in [-0.1, -0.05) is 26.8 Å². The van der Waals surface area contributed by atoms with E-state index in [0.29, 0.717) is 24.2 Å². The van der Waals surface area contributed by atoms with E-state index in [9.17, 15) is 14.4 Å². The van der Waals surface area contributed by atoms with E-state index < -0.39 is 11.4 Å². The lowest BCUT2D eigenvalue weighted by Gasteiger charge is -2.17. The molecule has 0 heterocycles. The summed E-state index contributed by atoms with van der Waals surface area (Å²) >= 11 is 0. The topological polar surface area (TPSA) is 84.5 Å². The third-order valence-corrected chi connectivity index (χ3v) is 3.48. The maximum Gasteiger partial charge on any atom is 0.337 e. The first-order chi connectivity index (χ1) is 11.1. The molecule has 0 unspecified atom stereocenters. The second-order valence-corrected chi connectivity index (χ2v) is 6.68. The summed E-state index contributed by atoms with van der Waals surface area (Å²) in [4.78, 5) is 35.3. The Labute approximate surface area is 143 Å². The number of esters is 1. The molecule has 0 saturated heterocycles. The SMILES string of the molecule is COC(=O)c1ccc(C)c(NC(=O)CCCNC(=O)C(C)(C)C)c1. The molecule has 24 heavy (non-hydrogen) atoms. The smallest absolute Gasteiger partial charge is 0.337 e. The molecule has 0 aromatic heterocycles. The second-order valence-electron chi connectivity index (χ2n) is 6.68. The fourth-order valence-corrected chi connectivity index (χ4v) is 1.93. The average Bonchev–Trinajstić information content (AvgIpc) is 2.51. The van der Waals surface area contributed by atoms with Gasteiger partial charge < -0.3 is 15.4 Å². The van der Waals surface area contributed by atoms with E-state index in [0.717, 1.165) is 5.56 Å². The minimum absolute atomic E-state index is 0.0375. The highest BCUT2D eigenvalue weighted by Crippen LogP contribution is 2.18. The number of carbonyl (C=O) groups is 3. The van der Waals surface area contributed by atoms with Crippen molar-refractivity contribution in [1.82, 2.24) is 5.32 Å². The van der Waals surface area contributed by atoms with E-state index in [1.165, 1.54) is 7.11 Å². The van der Waals surface area contributed by atoms with Crippen LogP contribution in [0.4, 0.5) is 5.69 Å². The van der Waals surface area contributed by atoms with Gasteiger partial charge in [-0.05, 0) is 31.0 Å². The number of ether oxygens (including phenoxy) is 1. The number of anilines is 1. The minimum Gasteiger partial charge on any atom is -0.465 e. The van der Waals surface area contributed by atoms with Crippen LogP contribution in [0.3, 0.4) is 0 Å². The summed E-state index contributed by atoms with van der Waals surface area (Å²) in [5, 5.41) is 5.59. The molecule has 0 spiro atoms. The largest absolute Gasteiger partial charge is 0.465 e. The summed E-state index contributed by atoms with van der Waals surface area (Å²) in [6.07, 6.45) is 0.829. The highest BCUT2D eigenvalue weighted by atomic mass is 16.5. The van der Waals surface area contributed by atoms with E-state index in [4.69, 9.17) is 0 Å². The van der Waals surface area contributed by atoms with E-state index in [1.54, 1.807) is 18.2 Å². The van der Waals surface area contributed by atoms with Crippen molar-refractivity contribution in [3.8, 4) is 0 Å². The molecule has 6 heteroatoms. The first kappa shape index (κ1) is 19.7. The quantitative estimate of drug-likeness (QED) is 0.619. The van der Waals surface area contributed by atoms with Crippen molar-refractivity contribution in [2.45, 2.75) is 40.5 Å². The van der Waals surface area contributed by atoms with Crippen LogP contribution < -0.4 is 10.6 Å². The van der Waals surface area contributed by atoms with Crippen LogP contribution in [-0.4, -0.2) is 31.4 Å². The predicted octanol–water partition coefficient (Wildman–Crippen LogP) is 2.66. The Balaban J connectivity index is 2.51. The van der Waals surface area contributed by atoms with Crippen molar-refractivity contribution in [2.75, 3.05) is 19.0 Å². The van der Waals surface area contributed by atoms with Crippen LogP contribution in [0.15, 0.2) is 18.2 Å². The molecule has 0 atom stereocenters. The second kappa shape index (κ2) is 8.47. The molecule has 0 saturated carbocycles. The third-order valence-electron chi connectivity index (χ3n) is 3.48. The van der Waals surface area contributed by atoms with Crippen LogP contribution >= 0.6 is 0 Å². The zero-order chi connectivity index (χ0) is 18.3. The normalized spacial score (nSPS) is 10.9. The van der Waals surface area contributed by atoms with E-state index in [2.05, 4.69) is 15.4 Å². The number of benzene rings is 1. The average molecular weight is 334 g/mol. The number of aryl methyl sites for hydroxylation is 1. The summed E-state index contributed by atoms with van der Waals surface area (Å²) in [6.45, 7) is 7.81. The first-order valence-electron chi connectivity index (χ1n) is 7.92. The van der Waals surface area contributed by atoms with Gasteiger partial charge in [-0.2, -0.15) is 0 Å². The Kier molecular flexibility index (Phi) is 6.95. The molecule has 1 rings (SSSR count). The number of carbonyl (C=O) groups excluding carboxylic acids is 3. The van der Waals surface area contributed by atoms with E-state index >= 15 is 0 Å². The lowest BCUT2D eigenvalue weighted by atomic mass is 9.96. The fraction of sp³-hybridized carbons (Fsp3) is 0.500. The lowest BCUT2D eigenvalue weighted by molar-refractivity contribution is -0.128. The molecule has 0 aliphatic rings. The van der Waals surface area contributed by atoms with Crippen molar-refractivity contribution in [3.05, 3.63) is 29.3 Å². The standard InChI is InChI=1S/C18H26N2O4/c1-12-8-9-13(16(22)24-5)11-14(12)20-15(21)7-6-10-19-17(23)18(2,3)4/h8-9,11H,6-7,10H2,1-5H3,(H,19,23)(H,20,21). The molecule has 0 aliphatic heterocycles. The van der Waals surface area contributed by atoms with Crippen molar-refractivity contribution in [2.24, 2.45) is 5.41 Å². The van der Waals surface area contributed by atoms with Crippen LogP contribution in [0.1, 0.15) is 49.5 Å². The van der Waals surface area contributed by atoms with Crippen LogP contribution in [0, 0.1) is 12.3 Å². The molecule has 6 nitrogen and oxygen atoms in total. The van der Waals surface area contributed by atoms with Gasteiger partial charge in [0, 0.05) is 24.1 Å². The first-order valence-corrected chi connectivity index (χ1v) is 7.92. The van der Waals surface area contributed by atoms with Crippen molar-refractivity contribution < 1.29 is 19.1 Å². The van der Waals surface area contributed by atoms with Gasteiger partial charge in [0.1, 0.15) is 0 Å². The highest BCUT2D eigenvalue weighted by molar-refractivity contribution is 5.95. The molecule has 0 aliphatic carbocycles. The zero-order valence-corrected chi connectivity index (χ0v) is 15.0. The summed E-state index contributed by atoms with van der Waals surface area (Å²) in [5.41, 5.74) is 1.39. The summed E-state index contributed by atoms with van der Waals surface area (Å²) < 4.78 is 4.67.